The van der Waals surface area contributed by atoms with E-state index in [1.54, 1.807) is 19.9 Å². The average Bonchev–Trinajstić information content (AvgIpc) is 2.25. The van der Waals surface area contributed by atoms with Gasteiger partial charge in [0.15, 0.2) is 5.84 Å². The predicted molar refractivity (Wildman–Crippen MR) is 68.5 cm³/mol. The van der Waals surface area contributed by atoms with E-state index in [1.165, 1.54) is 0 Å². The van der Waals surface area contributed by atoms with Gasteiger partial charge in [-0.2, -0.15) is 0 Å². The Morgan fingerprint density at radius 1 is 1.41 bits per heavy atom. The van der Waals surface area contributed by atoms with Gasteiger partial charge in [0, 0.05) is 24.8 Å². The third-order valence-corrected chi connectivity index (χ3v) is 2.32. The lowest BCUT2D eigenvalue weighted by Crippen LogP contribution is -2.37. The minimum atomic E-state index is -0.813. The normalized spacial score (nSPS) is 12.6. The number of nitrogens with zero attached hydrogens (tertiary/aromatic N) is 2. The number of rotatable bonds is 4. The second kappa shape index (κ2) is 5.05. The van der Waals surface area contributed by atoms with Crippen LogP contribution in [0.2, 0.25) is 0 Å². The van der Waals surface area contributed by atoms with Crippen LogP contribution in [0.1, 0.15) is 19.4 Å². The first-order chi connectivity index (χ1) is 7.85. The first-order valence-electron chi connectivity index (χ1n) is 5.35. The summed E-state index contributed by atoms with van der Waals surface area (Å²) in [6.45, 7) is 3.91. The molecule has 0 fully saturated rings. The van der Waals surface area contributed by atoms with E-state index >= 15 is 0 Å². The highest BCUT2D eigenvalue weighted by molar-refractivity contribution is 6.02. The molecule has 1 rings (SSSR count). The fourth-order valence-corrected chi connectivity index (χ4v) is 1.74. The van der Waals surface area contributed by atoms with Crippen LogP contribution in [0.4, 0.5) is 5.69 Å². The average molecular weight is 237 g/mol. The monoisotopic (exact) mass is 237 g/mol. The number of hydrogen-bond acceptors (Lipinski definition) is 4. The quantitative estimate of drug-likeness (QED) is 0.315. The highest BCUT2D eigenvalue weighted by Gasteiger charge is 2.18. The summed E-state index contributed by atoms with van der Waals surface area (Å²) in [5.41, 5.74) is 6.25. The van der Waals surface area contributed by atoms with Crippen LogP contribution >= 0.6 is 0 Å². The van der Waals surface area contributed by atoms with E-state index in [9.17, 15) is 5.11 Å². The van der Waals surface area contributed by atoms with E-state index in [-0.39, 0.29) is 5.84 Å². The zero-order valence-electron chi connectivity index (χ0n) is 10.4. The third-order valence-electron chi connectivity index (χ3n) is 2.32. The summed E-state index contributed by atoms with van der Waals surface area (Å²) in [5.74, 6) is 0.0585. The summed E-state index contributed by atoms with van der Waals surface area (Å²) < 4.78 is 0. The maximum absolute atomic E-state index is 9.78. The molecule has 94 valence electrons. The standard InChI is InChI=1S/C12H19N3O2/c1-12(2,16)8-15(3)10-7-5-4-6-9(10)11(13)14-17/h4-7,16-17H,8H2,1-3H3,(H2,13,14). The summed E-state index contributed by atoms with van der Waals surface area (Å²) in [6, 6.07) is 7.31. The van der Waals surface area contributed by atoms with Gasteiger partial charge in [0.2, 0.25) is 0 Å². The smallest absolute Gasteiger partial charge is 0.172 e. The Kier molecular flexibility index (Phi) is 3.96. The minimum absolute atomic E-state index is 0.0585. The van der Waals surface area contributed by atoms with Crippen LogP contribution < -0.4 is 10.6 Å². The third kappa shape index (κ3) is 3.64. The van der Waals surface area contributed by atoms with E-state index in [4.69, 9.17) is 10.9 Å². The predicted octanol–water partition coefficient (Wildman–Crippen LogP) is 0.988. The maximum Gasteiger partial charge on any atom is 0.172 e. The molecule has 0 radical (unpaired) electrons. The lowest BCUT2D eigenvalue weighted by atomic mass is 10.1. The van der Waals surface area contributed by atoms with Gasteiger partial charge in [0.1, 0.15) is 0 Å². The topological polar surface area (TPSA) is 82.1 Å². The molecule has 0 bridgehead atoms. The number of likely N-dealkylation sites (N-methyl/N-ethyl adjacent to an activating group) is 1. The molecule has 0 atom stereocenters. The van der Waals surface area contributed by atoms with Crippen molar-refractivity contribution in [2.45, 2.75) is 19.4 Å². The SMILES string of the molecule is CN(CC(C)(C)O)c1ccccc1C(N)=NO. The van der Waals surface area contributed by atoms with E-state index in [2.05, 4.69) is 5.16 Å². The Morgan fingerprint density at radius 2 is 2.00 bits per heavy atom. The molecule has 0 amide bonds. The fraction of sp³-hybridized carbons (Fsp3) is 0.417. The Hall–Kier alpha value is -1.75. The van der Waals surface area contributed by atoms with E-state index < -0.39 is 5.60 Å². The van der Waals surface area contributed by atoms with Crippen LogP contribution in [0.25, 0.3) is 0 Å². The first-order valence-corrected chi connectivity index (χ1v) is 5.35. The van der Waals surface area contributed by atoms with Crippen molar-refractivity contribution in [2.75, 3.05) is 18.5 Å². The van der Waals surface area contributed by atoms with Crippen LogP contribution in [0.5, 0.6) is 0 Å². The van der Waals surface area contributed by atoms with Crippen LogP contribution in [-0.4, -0.2) is 35.3 Å². The van der Waals surface area contributed by atoms with Crippen molar-refractivity contribution in [3.05, 3.63) is 29.8 Å². The number of nitrogens with two attached hydrogens (primary N) is 1. The van der Waals surface area contributed by atoms with Gasteiger partial charge < -0.3 is 20.9 Å². The van der Waals surface area contributed by atoms with Crippen molar-refractivity contribution in [3.8, 4) is 0 Å². The zero-order chi connectivity index (χ0) is 13.1. The Bertz CT molecular complexity index is 410. The molecule has 0 spiro atoms. The molecular formula is C12H19N3O2. The van der Waals surface area contributed by atoms with Gasteiger partial charge >= 0.3 is 0 Å². The molecule has 0 aliphatic rings. The number of amidine groups is 1. The van der Waals surface area contributed by atoms with E-state index in [0.717, 1.165) is 5.69 Å². The minimum Gasteiger partial charge on any atom is -0.409 e. The molecule has 0 saturated heterocycles. The Morgan fingerprint density at radius 3 is 2.53 bits per heavy atom. The van der Waals surface area contributed by atoms with E-state index in [0.29, 0.717) is 12.1 Å². The number of anilines is 1. The van der Waals surface area contributed by atoms with Crippen molar-refractivity contribution in [3.63, 3.8) is 0 Å². The van der Waals surface area contributed by atoms with Crippen molar-refractivity contribution < 1.29 is 10.3 Å². The summed E-state index contributed by atoms with van der Waals surface area (Å²) >= 11 is 0. The fourth-order valence-electron chi connectivity index (χ4n) is 1.74. The van der Waals surface area contributed by atoms with Crippen molar-refractivity contribution >= 4 is 11.5 Å². The van der Waals surface area contributed by atoms with Crippen LogP contribution in [0.3, 0.4) is 0 Å². The van der Waals surface area contributed by atoms with Gasteiger partial charge in [-0.05, 0) is 26.0 Å². The molecule has 0 unspecified atom stereocenters. The van der Waals surface area contributed by atoms with Gasteiger partial charge in [0.25, 0.3) is 0 Å². The number of oxime groups is 1. The molecule has 1 aromatic carbocycles. The van der Waals surface area contributed by atoms with E-state index in [1.807, 2.05) is 30.1 Å². The molecule has 0 aromatic heterocycles. The largest absolute Gasteiger partial charge is 0.409 e. The molecule has 0 saturated carbocycles. The summed E-state index contributed by atoms with van der Waals surface area (Å²) in [5, 5.41) is 21.5. The lowest BCUT2D eigenvalue weighted by molar-refractivity contribution is 0.0886. The molecule has 5 nitrogen and oxygen atoms in total. The van der Waals surface area contributed by atoms with Gasteiger partial charge in [-0.25, -0.2) is 0 Å². The van der Waals surface area contributed by atoms with Crippen molar-refractivity contribution in [1.82, 2.24) is 0 Å². The van der Waals surface area contributed by atoms with Gasteiger partial charge in [-0.1, -0.05) is 17.3 Å². The van der Waals surface area contributed by atoms with Crippen LogP contribution in [0, 0.1) is 0 Å². The molecular weight excluding hydrogens is 218 g/mol. The van der Waals surface area contributed by atoms with Gasteiger partial charge in [-0.15, -0.1) is 0 Å². The summed E-state index contributed by atoms with van der Waals surface area (Å²) in [4.78, 5) is 1.87. The van der Waals surface area contributed by atoms with Crippen LogP contribution in [-0.2, 0) is 0 Å². The number of aliphatic hydroxyl groups is 1. The molecule has 17 heavy (non-hydrogen) atoms. The number of hydrogen-bond donors (Lipinski definition) is 3. The number of benzene rings is 1. The van der Waals surface area contributed by atoms with Gasteiger partial charge in [-0.3, -0.25) is 0 Å². The lowest BCUT2D eigenvalue weighted by Gasteiger charge is -2.28. The molecule has 1 aromatic rings. The van der Waals surface area contributed by atoms with Gasteiger partial charge in [0.05, 0.1) is 5.60 Å². The number of para-hydroxylation sites is 1. The summed E-state index contributed by atoms with van der Waals surface area (Å²) in [7, 11) is 1.85. The highest BCUT2D eigenvalue weighted by Crippen LogP contribution is 2.20. The highest BCUT2D eigenvalue weighted by atomic mass is 16.4. The summed E-state index contributed by atoms with van der Waals surface area (Å²) in [6.07, 6.45) is 0. The Labute approximate surface area is 101 Å². The zero-order valence-corrected chi connectivity index (χ0v) is 10.4. The van der Waals surface area contributed by atoms with Crippen molar-refractivity contribution in [1.29, 1.82) is 0 Å². The van der Waals surface area contributed by atoms with Crippen molar-refractivity contribution in [2.24, 2.45) is 10.9 Å². The first kappa shape index (κ1) is 13.3. The maximum atomic E-state index is 9.78. The molecule has 0 aliphatic heterocycles. The second-order valence-corrected chi connectivity index (χ2v) is 4.67. The molecule has 0 heterocycles. The van der Waals surface area contributed by atoms with Crippen LogP contribution in [0.15, 0.2) is 29.4 Å². The second-order valence-electron chi connectivity index (χ2n) is 4.67. The Balaban J connectivity index is 3.05. The molecule has 0 aliphatic carbocycles. The molecule has 5 heteroatoms. The molecule has 4 N–H and O–H groups in total.